The lowest BCUT2D eigenvalue weighted by molar-refractivity contribution is -0.139. The number of benzene rings is 1. The zero-order valence-electron chi connectivity index (χ0n) is 11.2. The highest BCUT2D eigenvalue weighted by Gasteiger charge is 2.38. The summed E-state index contributed by atoms with van der Waals surface area (Å²) in [6.07, 6.45) is 2.10. The van der Waals surface area contributed by atoms with E-state index in [9.17, 15) is 15.0 Å². The van der Waals surface area contributed by atoms with Gasteiger partial charge in [-0.15, -0.1) is 0 Å². The van der Waals surface area contributed by atoms with Crippen LogP contribution in [0.25, 0.3) is 0 Å². The van der Waals surface area contributed by atoms with Crippen molar-refractivity contribution in [3.05, 3.63) is 34.9 Å². The van der Waals surface area contributed by atoms with E-state index in [1.165, 1.54) is 0 Å². The van der Waals surface area contributed by atoms with Crippen LogP contribution in [0.4, 0.5) is 0 Å². The largest absolute Gasteiger partial charge is 0.481 e. The fourth-order valence-corrected chi connectivity index (χ4v) is 3.14. The fraction of sp³-hybridized carbons (Fsp3) is 0.500. The number of fused-ring (bicyclic) bond motifs is 1. The summed E-state index contributed by atoms with van der Waals surface area (Å²) in [5.74, 6) is -1.46. The van der Waals surface area contributed by atoms with Gasteiger partial charge in [-0.2, -0.15) is 0 Å². The average molecular weight is 278 g/mol. The van der Waals surface area contributed by atoms with Gasteiger partial charge in [-0.05, 0) is 41.8 Å². The highest BCUT2D eigenvalue weighted by atomic mass is 16.4. The maximum Gasteiger partial charge on any atom is 0.451 e. The van der Waals surface area contributed by atoms with Gasteiger partial charge in [-0.25, -0.2) is 0 Å². The number of aliphatic hydroxyl groups is 1. The van der Waals surface area contributed by atoms with Crippen LogP contribution in [0.5, 0.6) is 0 Å². The van der Waals surface area contributed by atoms with Crippen LogP contribution < -0.4 is 0 Å². The number of hydrogen-bond donors (Lipinski definition) is 4. The molecule has 0 spiro atoms. The van der Waals surface area contributed by atoms with Gasteiger partial charge in [0.25, 0.3) is 0 Å². The van der Waals surface area contributed by atoms with Crippen LogP contribution in [-0.4, -0.2) is 33.3 Å². The zero-order chi connectivity index (χ0) is 14.7. The van der Waals surface area contributed by atoms with E-state index >= 15 is 0 Å². The molecule has 6 heteroatoms. The van der Waals surface area contributed by atoms with Crippen molar-refractivity contribution in [3.8, 4) is 0 Å². The summed E-state index contributed by atoms with van der Waals surface area (Å²) in [5.41, 5.74) is 2.52. The number of aliphatic carboxylic acids is 1. The van der Waals surface area contributed by atoms with Crippen molar-refractivity contribution in [1.29, 1.82) is 0 Å². The topological polar surface area (TPSA) is 98.0 Å². The molecule has 1 aliphatic rings. The Balaban J connectivity index is 2.18. The average Bonchev–Trinajstić information content (AvgIpc) is 2.76. The monoisotopic (exact) mass is 278 g/mol. The van der Waals surface area contributed by atoms with E-state index in [1.807, 2.05) is 12.1 Å². The lowest BCUT2D eigenvalue weighted by Gasteiger charge is -2.16. The molecule has 0 bridgehead atoms. The van der Waals surface area contributed by atoms with E-state index in [-0.39, 0.29) is 18.8 Å². The minimum Gasteiger partial charge on any atom is -0.481 e. The summed E-state index contributed by atoms with van der Waals surface area (Å²) < 4.78 is 0. The maximum absolute atomic E-state index is 11.5. The molecular weight excluding hydrogens is 259 g/mol. The lowest BCUT2D eigenvalue weighted by Crippen LogP contribution is -2.18. The molecule has 2 rings (SSSR count). The lowest BCUT2D eigenvalue weighted by atomic mass is 9.80. The molecule has 0 fully saturated rings. The number of carboxylic acid groups (broad SMARTS) is 1. The van der Waals surface area contributed by atoms with Crippen LogP contribution in [-0.2, 0) is 17.8 Å². The predicted octanol–water partition coefficient (Wildman–Crippen LogP) is 0.772. The normalized spacial score (nSPS) is 20.8. The number of carboxylic acids is 1. The summed E-state index contributed by atoms with van der Waals surface area (Å²) >= 11 is 0. The van der Waals surface area contributed by atoms with Crippen LogP contribution >= 0.6 is 0 Å². The molecule has 108 valence electrons. The zero-order valence-corrected chi connectivity index (χ0v) is 11.2. The second-order valence-electron chi connectivity index (χ2n) is 5.33. The van der Waals surface area contributed by atoms with Gasteiger partial charge in [0.2, 0.25) is 0 Å². The Hall–Kier alpha value is -1.37. The molecule has 1 aliphatic carbocycles. The second kappa shape index (κ2) is 6.39. The van der Waals surface area contributed by atoms with Gasteiger partial charge in [-0.1, -0.05) is 24.6 Å². The van der Waals surface area contributed by atoms with Gasteiger partial charge in [-0.3, -0.25) is 4.79 Å². The SMILES string of the molecule is O=C(O)C1c2cccc(CO)c2CC1CCCB(O)O. The highest BCUT2D eigenvalue weighted by Crippen LogP contribution is 2.42. The molecule has 20 heavy (non-hydrogen) atoms. The van der Waals surface area contributed by atoms with E-state index in [1.54, 1.807) is 6.07 Å². The molecule has 2 atom stereocenters. The standard InChI is InChI=1S/C14H19BO5/c16-8-10-3-1-5-11-12(10)7-9(13(11)14(17)18)4-2-6-15(19)20/h1,3,5,9,13,16,19-20H,2,4,6-8H2,(H,17,18). The first kappa shape index (κ1) is 15.0. The second-order valence-corrected chi connectivity index (χ2v) is 5.33. The number of rotatable bonds is 6. The van der Waals surface area contributed by atoms with Gasteiger partial charge < -0.3 is 20.3 Å². The van der Waals surface area contributed by atoms with E-state index in [0.29, 0.717) is 19.3 Å². The molecule has 0 aliphatic heterocycles. The molecule has 0 radical (unpaired) electrons. The summed E-state index contributed by atoms with van der Waals surface area (Å²) in [6.45, 7) is -0.0857. The summed E-state index contributed by atoms with van der Waals surface area (Å²) in [4.78, 5) is 11.5. The van der Waals surface area contributed by atoms with Crippen LogP contribution in [0, 0.1) is 5.92 Å². The van der Waals surface area contributed by atoms with Crippen molar-refractivity contribution in [2.24, 2.45) is 5.92 Å². The molecule has 4 N–H and O–H groups in total. The Kier molecular flexibility index (Phi) is 4.80. The Bertz CT molecular complexity index is 488. The molecule has 2 unspecified atom stereocenters. The molecule has 0 aromatic heterocycles. The van der Waals surface area contributed by atoms with E-state index in [4.69, 9.17) is 10.0 Å². The summed E-state index contributed by atoms with van der Waals surface area (Å²) in [6, 6.07) is 5.41. The van der Waals surface area contributed by atoms with E-state index < -0.39 is 19.0 Å². The van der Waals surface area contributed by atoms with Crippen LogP contribution in [0.15, 0.2) is 18.2 Å². The number of aliphatic hydroxyl groups excluding tert-OH is 1. The number of carbonyl (C=O) groups is 1. The smallest absolute Gasteiger partial charge is 0.451 e. The maximum atomic E-state index is 11.5. The van der Waals surface area contributed by atoms with Crippen LogP contribution in [0.3, 0.4) is 0 Å². The first-order valence-electron chi connectivity index (χ1n) is 6.85. The molecule has 5 nitrogen and oxygen atoms in total. The first-order valence-corrected chi connectivity index (χ1v) is 6.85. The van der Waals surface area contributed by atoms with Crippen LogP contribution in [0.1, 0.15) is 35.4 Å². The Morgan fingerprint density at radius 1 is 1.35 bits per heavy atom. The van der Waals surface area contributed by atoms with Gasteiger partial charge in [0.15, 0.2) is 0 Å². The van der Waals surface area contributed by atoms with Crippen molar-refractivity contribution < 1.29 is 25.1 Å². The predicted molar refractivity (Wildman–Crippen MR) is 74.2 cm³/mol. The minimum atomic E-state index is -1.34. The van der Waals surface area contributed by atoms with Gasteiger partial charge in [0.1, 0.15) is 0 Å². The third kappa shape index (κ3) is 3.03. The first-order chi connectivity index (χ1) is 9.54. The van der Waals surface area contributed by atoms with Crippen molar-refractivity contribution in [2.45, 2.75) is 38.1 Å². The molecule has 0 saturated heterocycles. The number of hydrogen-bond acceptors (Lipinski definition) is 4. The van der Waals surface area contributed by atoms with Crippen molar-refractivity contribution in [2.75, 3.05) is 0 Å². The van der Waals surface area contributed by atoms with E-state index in [2.05, 4.69) is 0 Å². The quantitative estimate of drug-likeness (QED) is 0.576. The molecular formula is C14H19BO5. The molecule has 0 saturated carbocycles. The third-order valence-electron chi connectivity index (χ3n) is 4.06. The summed E-state index contributed by atoms with van der Waals surface area (Å²) in [5, 5.41) is 36.5. The molecule has 1 aromatic carbocycles. The van der Waals surface area contributed by atoms with Gasteiger partial charge in [0.05, 0.1) is 12.5 Å². The van der Waals surface area contributed by atoms with Crippen LogP contribution in [0.2, 0.25) is 6.32 Å². The Morgan fingerprint density at radius 2 is 2.10 bits per heavy atom. The molecule has 0 amide bonds. The minimum absolute atomic E-state index is 0.0473. The van der Waals surface area contributed by atoms with Crippen molar-refractivity contribution in [3.63, 3.8) is 0 Å². The van der Waals surface area contributed by atoms with Gasteiger partial charge >= 0.3 is 13.1 Å². The summed E-state index contributed by atoms with van der Waals surface area (Å²) in [7, 11) is -1.34. The van der Waals surface area contributed by atoms with Gasteiger partial charge in [0, 0.05) is 0 Å². The van der Waals surface area contributed by atoms with E-state index in [0.717, 1.165) is 16.7 Å². The van der Waals surface area contributed by atoms with Crippen molar-refractivity contribution >= 4 is 13.1 Å². The Labute approximate surface area is 118 Å². The highest BCUT2D eigenvalue weighted by molar-refractivity contribution is 6.40. The fourth-order valence-electron chi connectivity index (χ4n) is 3.14. The van der Waals surface area contributed by atoms with Crippen molar-refractivity contribution in [1.82, 2.24) is 0 Å². The Morgan fingerprint density at radius 3 is 2.70 bits per heavy atom. The third-order valence-corrected chi connectivity index (χ3v) is 4.06. The molecule has 1 aromatic rings. The molecule has 0 heterocycles.